The van der Waals surface area contributed by atoms with E-state index < -0.39 is 11.2 Å². The Morgan fingerprint density at radius 2 is 1.83 bits per heavy atom. The normalized spacial score (nSPS) is 14.2. The van der Waals surface area contributed by atoms with Gasteiger partial charge >= 0.3 is 0 Å². The predicted octanol–water partition coefficient (Wildman–Crippen LogP) is 2.12. The summed E-state index contributed by atoms with van der Waals surface area (Å²) in [6, 6.07) is 9.34. The summed E-state index contributed by atoms with van der Waals surface area (Å²) in [5.41, 5.74) is 0.556. The van der Waals surface area contributed by atoms with Crippen molar-refractivity contribution in [1.82, 2.24) is 9.58 Å². The summed E-state index contributed by atoms with van der Waals surface area (Å²) in [4.78, 5) is 26.1. The fraction of sp³-hybridized carbons (Fsp3) is 0.294. The van der Waals surface area contributed by atoms with Gasteiger partial charge in [-0.25, -0.2) is 0 Å². The molecular weight excluding hydrogens is 421 g/mol. The van der Waals surface area contributed by atoms with Crippen LogP contribution in [0.15, 0.2) is 41.3 Å². The number of pyridine rings is 1. The molecule has 6 nitrogen and oxygen atoms in total. The summed E-state index contributed by atoms with van der Waals surface area (Å²) in [7, 11) is 0. The van der Waals surface area contributed by atoms with Gasteiger partial charge in [0.15, 0.2) is 11.4 Å². The van der Waals surface area contributed by atoms with E-state index in [2.05, 4.69) is 22.6 Å². The van der Waals surface area contributed by atoms with Crippen molar-refractivity contribution in [3.05, 3.63) is 61.6 Å². The summed E-state index contributed by atoms with van der Waals surface area (Å²) in [5, 5.41) is 12.1. The SMILES string of the molecule is CC(C)N1CN(Cc2ccc(I)cc2)n2ccc(=O)c(O)c2C1=O. The van der Waals surface area contributed by atoms with E-state index in [-0.39, 0.29) is 17.6 Å². The van der Waals surface area contributed by atoms with Crippen LogP contribution in [0.2, 0.25) is 0 Å². The molecule has 0 bridgehead atoms. The molecule has 0 aliphatic carbocycles. The lowest BCUT2D eigenvalue weighted by Crippen LogP contribution is -2.55. The van der Waals surface area contributed by atoms with Gasteiger partial charge in [0, 0.05) is 21.9 Å². The summed E-state index contributed by atoms with van der Waals surface area (Å²) in [5.74, 6) is -0.834. The largest absolute Gasteiger partial charge is 0.502 e. The van der Waals surface area contributed by atoms with Crippen molar-refractivity contribution in [2.45, 2.75) is 26.4 Å². The van der Waals surface area contributed by atoms with Crippen molar-refractivity contribution in [3.63, 3.8) is 0 Å². The smallest absolute Gasteiger partial charge is 0.278 e. The zero-order chi connectivity index (χ0) is 17.4. The molecule has 0 unspecified atom stereocenters. The van der Waals surface area contributed by atoms with E-state index in [1.54, 1.807) is 15.8 Å². The molecule has 0 atom stereocenters. The first-order chi connectivity index (χ1) is 11.4. The minimum absolute atomic E-state index is 0.0213. The number of carbonyl (C=O) groups excluding carboxylic acids is 1. The highest BCUT2D eigenvalue weighted by Gasteiger charge is 2.33. The Hall–Kier alpha value is -2.03. The van der Waals surface area contributed by atoms with Gasteiger partial charge in [0.25, 0.3) is 5.91 Å². The standard InChI is InChI=1S/C17H18IN3O3/c1-11(2)20-10-19(9-12-3-5-13(18)6-4-12)21-8-7-14(22)16(23)15(21)17(20)24/h3-8,11,23H,9-10H2,1-2H3. The number of carbonyl (C=O) groups is 1. The molecule has 1 N–H and O–H groups in total. The highest BCUT2D eigenvalue weighted by Crippen LogP contribution is 2.22. The lowest BCUT2D eigenvalue weighted by Gasteiger charge is -2.41. The number of aromatic nitrogens is 1. The number of benzene rings is 1. The molecule has 0 fully saturated rings. The van der Waals surface area contributed by atoms with Crippen LogP contribution < -0.4 is 10.4 Å². The van der Waals surface area contributed by atoms with E-state index in [9.17, 15) is 14.7 Å². The topological polar surface area (TPSA) is 65.8 Å². The van der Waals surface area contributed by atoms with Gasteiger partial charge in [-0.1, -0.05) is 12.1 Å². The molecule has 0 radical (unpaired) electrons. The molecule has 1 aromatic carbocycles. The van der Waals surface area contributed by atoms with Crippen molar-refractivity contribution >= 4 is 28.5 Å². The van der Waals surface area contributed by atoms with Crippen LogP contribution in [0.3, 0.4) is 0 Å². The second kappa shape index (κ2) is 6.46. The number of halogens is 1. The Kier molecular flexibility index (Phi) is 4.53. The Labute approximate surface area is 153 Å². The number of hydrogen-bond acceptors (Lipinski definition) is 4. The molecule has 24 heavy (non-hydrogen) atoms. The summed E-state index contributed by atoms with van der Waals surface area (Å²) < 4.78 is 2.73. The van der Waals surface area contributed by atoms with E-state index >= 15 is 0 Å². The van der Waals surface area contributed by atoms with E-state index in [0.717, 1.165) is 9.13 Å². The van der Waals surface area contributed by atoms with E-state index in [4.69, 9.17) is 0 Å². The number of nitrogens with zero attached hydrogens (tertiary/aromatic N) is 3. The molecule has 0 spiro atoms. The molecule has 2 heterocycles. The highest BCUT2D eigenvalue weighted by atomic mass is 127. The molecule has 126 valence electrons. The van der Waals surface area contributed by atoms with Crippen LogP contribution in [0.5, 0.6) is 5.75 Å². The first-order valence-corrected chi connectivity index (χ1v) is 8.71. The summed E-state index contributed by atoms with van der Waals surface area (Å²) in [6.07, 6.45) is 1.54. The maximum Gasteiger partial charge on any atom is 0.278 e. The van der Waals surface area contributed by atoms with Gasteiger partial charge in [0.1, 0.15) is 6.67 Å². The van der Waals surface area contributed by atoms with Crippen molar-refractivity contribution in [1.29, 1.82) is 0 Å². The molecule has 2 aromatic rings. The quantitative estimate of drug-likeness (QED) is 0.745. The Bertz CT molecular complexity index is 830. The highest BCUT2D eigenvalue weighted by molar-refractivity contribution is 14.1. The molecule has 0 saturated heterocycles. The molecule has 1 aromatic heterocycles. The van der Waals surface area contributed by atoms with E-state index in [1.165, 1.54) is 6.07 Å². The predicted molar refractivity (Wildman–Crippen MR) is 99.6 cm³/mol. The fourth-order valence-electron chi connectivity index (χ4n) is 2.72. The molecule has 3 rings (SSSR count). The minimum atomic E-state index is -0.547. The number of aromatic hydroxyl groups is 1. The van der Waals surface area contributed by atoms with Gasteiger partial charge in [-0.2, -0.15) is 0 Å². The zero-order valence-electron chi connectivity index (χ0n) is 13.4. The van der Waals surface area contributed by atoms with Crippen LogP contribution in [0.1, 0.15) is 29.9 Å². The van der Waals surface area contributed by atoms with Gasteiger partial charge < -0.3 is 10.0 Å². The maximum absolute atomic E-state index is 12.7. The molecule has 1 amide bonds. The van der Waals surface area contributed by atoms with Crippen molar-refractivity contribution in [3.8, 4) is 5.75 Å². The van der Waals surface area contributed by atoms with Crippen molar-refractivity contribution in [2.75, 3.05) is 11.7 Å². The third-order valence-corrected chi connectivity index (χ3v) is 4.76. The number of rotatable bonds is 3. The first-order valence-electron chi connectivity index (χ1n) is 7.63. The van der Waals surface area contributed by atoms with Gasteiger partial charge in [-0.05, 0) is 54.1 Å². The van der Waals surface area contributed by atoms with Crippen LogP contribution in [-0.4, -0.2) is 33.3 Å². The van der Waals surface area contributed by atoms with Gasteiger partial charge in [0.2, 0.25) is 5.43 Å². The first kappa shape index (κ1) is 16.8. The van der Waals surface area contributed by atoms with Crippen molar-refractivity contribution in [2.24, 2.45) is 0 Å². The van der Waals surface area contributed by atoms with Crippen LogP contribution in [0.25, 0.3) is 0 Å². The van der Waals surface area contributed by atoms with Gasteiger partial charge in [0.05, 0.1) is 6.54 Å². The van der Waals surface area contributed by atoms with E-state index in [0.29, 0.717) is 13.2 Å². The van der Waals surface area contributed by atoms with Crippen LogP contribution >= 0.6 is 22.6 Å². The molecule has 1 aliphatic heterocycles. The Balaban J connectivity index is 2.05. The molecule has 7 heteroatoms. The summed E-state index contributed by atoms with van der Waals surface area (Å²) >= 11 is 2.25. The van der Waals surface area contributed by atoms with E-state index in [1.807, 2.05) is 43.1 Å². The van der Waals surface area contributed by atoms with Crippen LogP contribution in [-0.2, 0) is 6.54 Å². The van der Waals surface area contributed by atoms with Gasteiger partial charge in [-0.3, -0.25) is 19.3 Å². The third kappa shape index (κ3) is 3.00. The van der Waals surface area contributed by atoms with Crippen LogP contribution in [0, 0.1) is 3.57 Å². The Morgan fingerprint density at radius 1 is 1.17 bits per heavy atom. The van der Waals surface area contributed by atoms with Crippen molar-refractivity contribution < 1.29 is 9.90 Å². The molecule has 1 aliphatic rings. The zero-order valence-corrected chi connectivity index (χ0v) is 15.6. The average molecular weight is 439 g/mol. The number of amides is 1. The average Bonchev–Trinajstić information content (AvgIpc) is 2.54. The monoisotopic (exact) mass is 439 g/mol. The Morgan fingerprint density at radius 3 is 2.46 bits per heavy atom. The maximum atomic E-state index is 12.7. The second-order valence-corrected chi connectivity index (χ2v) is 7.27. The lowest BCUT2D eigenvalue weighted by molar-refractivity contribution is 0.0628. The number of hydrogen-bond donors (Lipinski definition) is 1. The van der Waals surface area contributed by atoms with Gasteiger partial charge in [-0.15, -0.1) is 0 Å². The summed E-state index contributed by atoms with van der Waals surface area (Å²) in [6.45, 7) is 4.77. The second-order valence-electron chi connectivity index (χ2n) is 6.02. The van der Waals surface area contributed by atoms with Crippen LogP contribution in [0.4, 0.5) is 0 Å². The fourth-order valence-corrected chi connectivity index (χ4v) is 3.08. The molecule has 0 saturated carbocycles. The lowest BCUT2D eigenvalue weighted by atomic mass is 10.2. The number of fused-ring (bicyclic) bond motifs is 1. The molecular formula is C17H18IN3O3. The third-order valence-electron chi connectivity index (χ3n) is 4.04. The minimum Gasteiger partial charge on any atom is -0.502 e.